The molecular weight excluding hydrogens is 294 g/mol. The van der Waals surface area contributed by atoms with E-state index in [9.17, 15) is 15.0 Å². The second-order valence-electron chi connectivity index (χ2n) is 4.75. The van der Waals surface area contributed by atoms with Crippen molar-refractivity contribution < 1.29 is 24.9 Å². The number of aliphatic hydroxyl groups is 3. The number of imidazole rings is 1. The van der Waals surface area contributed by atoms with E-state index < -0.39 is 30.9 Å². The van der Waals surface area contributed by atoms with Crippen molar-refractivity contribution in [3.8, 4) is 0 Å². The van der Waals surface area contributed by atoms with Gasteiger partial charge in [0.15, 0.2) is 11.9 Å². The third-order valence-corrected chi connectivity index (χ3v) is 3.12. The molecule has 0 aliphatic heterocycles. The zero-order valence-corrected chi connectivity index (χ0v) is 11.8. The number of ether oxygens (including phenoxy) is 1. The first-order valence-electron chi connectivity index (χ1n) is 6.50. The van der Waals surface area contributed by atoms with Gasteiger partial charge in [0.05, 0.1) is 31.2 Å². The van der Waals surface area contributed by atoms with E-state index in [0.717, 1.165) is 6.92 Å². The van der Waals surface area contributed by atoms with Gasteiger partial charge >= 0.3 is 5.97 Å². The molecule has 0 fully saturated rings. The monoisotopic (exact) mass is 311 g/mol. The molecule has 10 nitrogen and oxygen atoms in total. The number of nitrogen functional groups attached to an aromatic ring is 1. The van der Waals surface area contributed by atoms with E-state index in [1.165, 1.54) is 17.1 Å². The molecule has 0 aliphatic rings. The number of aromatic nitrogens is 4. The van der Waals surface area contributed by atoms with Gasteiger partial charge < -0.3 is 30.4 Å². The highest BCUT2D eigenvalue weighted by molar-refractivity contribution is 5.83. The number of nitrogens with zero attached hydrogens (tertiary/aromatic N) is 4. The van der Waals surface area contributed by atoms with Crippen LogP contribution in [-0.2, 0) is 16.1 Å². The van der Waals surface area contributed by atoms with E-state index in [2.05, 4.69) is 15.2 Å². The van der Waals surface area contributed by atoms with Crippen LogP contribution in [0.4, 0.5) is 5.82 Å². The summed E-state index contributed by atoms with van der Waals surface area (Å²) in [6, 6.07) is 0. The molecule has 0 saturated heterocycles. The van der Waals surface area contributed by atoms with Gasteiger partial charge in [0.1, 0.15) is 17.7 Å². The van der Waals surface area contributed by atoms with E-state index in [-0.39, 0.29) is 12.4 Å². The van der Waals surface area contributed by atoms with Crippen LogP contribution in [0.2, 0.25) is 0 Å². The van der Waals surface area contributed by atoms with Crippen LogP contribution in [0.25, 0.3) is 11.0 Å². The first kappa shape index (κ1) is 16.1. The number of carbonyl (C=O) groups excluding carboxylic acids is 1. The average molecular weight is 311 g/mol. The molecule has 0 radical (unpaired) electrons. The molecule has 0 bridgehead atoms. The lowest BCUT2D eigenvalue weighted by atomic mass is 10.1. The Hall–Kier alpha value is -2.30. The Kier molecular flexibility index (Phi) is 4.85. The molecule has 2 aromatic rings. The molecule has 0 amide bonds. The summed E-state index contributed by atoms with van der Waals surface area (Å²) >= 11 is 0. The van der Waals surface area contributed by atoms with Crippen molar-refractivity contribution >= 4 is 22.8 Å². The standard InChI is InChI=1S/C12H17N5O5/c1-6(19)22-9(4-18)11(21)8(20)3-17-5-14-10-7(17)2-15-16-12(10)13/h2,5,8-9,11,18,20-21H,3-4H2,1H3,(H2,13,16)/t8?,9-,11?/m1/s1. The molecule has 2 unspecified atom stereocenters. The van der Waals surface area contributed by atoms with Gasteiger partial charge in [0.25, 0.3) is 0 Å². The van der Waals surface area contributed by atoms with Crippen LogP contribution in [0, 0.1) is 0 Å². The molecule has 0 aliphatic carbocycles. The van der Waals surface area contributed by atoms with Gasteiger partial charge in [-0.2, -0.15) is 5.10 Å². The molecular formula is C12H17N5O5. The zero-order chi connectivity index (χ0) is 16.3. The minimum Gasteiger partial charge on any atom is -0.457 e. The number of anilines is 1. The summed E-state index contributed by atoms with van der Waals surface area (Å²) in [6.07, 6.45) is -1.14. The Balaban J connectivity index is 2.14. The minimum absolute atomic E-state index is 0.0550. The van der Waals surface area contributed by atoms with E-state index in [0.29, 0.717) is 11.0 Å². The zero-order valence-electron chi connectivity index (χ0n) is 11.8. The lowest BCUT2D eigenvalue weighted by Gasteiger charge is -2.25. The van der Waals surface area contributed by atoms with Crippen molar-refractivity contribution in [2.45, 2.75) is 31.8 Å². The number of fused-ring (bicyclic) bond motifs is 1. The number of rotatable bonds is 6. The van der Waals surface area contributed by atoms with Crippen molar-refractivity contribution in [2.24, 2.45) is 0 Å². The Morgan fingerprint density at radius 3 is 2.86 bits per heavy atom. The lowest BCUT2D eigenvalue weighted by Crippen LogP contribution is -2.43. The van der Waals surface area contributed by atoms with Crippen molar-refractivity contribution in [1.29, 1.82) is 0 Å². The van der Waals surface area contributed by atoms with Gasteiger partial charge in [0, 0.05) is 6.92 Å². The molecule has 0 saturated carbocycles. The summed E-state index contributed by atoms with van der Waals surface area (Å²) in [5.74, 6) is -0.513. The smallest absolute Gasteiger partial charge is 0.303 e. The highest BCUT2D eigenvalue weighted by atomic mass is 16.6. The highest BCUT2D eigenvalue weighted by Crippen LogP contribution is 2.17. The molecule has 5 N–H and O–H groups in total. The molecule has 2 heterocycles. The van der Waals surface area contributed by atoms with Gasteiger partial charge in [-0.1, -0.05) is 0 Å². The predicted molar refractivity (Wildman–Crippen MR) is 74.4 cm³/mol. The number of aliphatic hydroxyl groups excluding tert-OH is 3. The second kappa shape index (κ2) is 6.64. The third kappa shape index (κ3) is 3.30. The van der Waals surface area contributed by atoms with E-state index in [1.54, 1.807) is 0 Å². The van der Waals surface area contributed by atoms with E-state index in [1.807, 2.05) is 0 Å². The maximum Gasteiger partial charge on any atom is 0.303 e. The highest BCUT2D eigenvalue weighted by Gasteiger charge is 2.29. The van der Waals surface area contributed by atoms with Crippen LogP contribution in [0.3, 0.4) is 0 Å². The first-order valence-corrected chi connectivity index (χ1v) is 6.50. The number of hydrogen-bond acceptors (Lipinski definition) is 9. The summed E-state index contributed by atoms with van der Waals surface area (Å²) in [7, 11) is 0. The summed E-state index contributed by atoms with van der Waals surface area (Å²) in [4.78, 5) is 15.0. The van der Waals surface area contributed by atoms with Crippen LogP contribution < -0.4 is 5.73 Å². The van der Waals surface area contributed by atoms with Crippen LogP contribution in [0.5, 0.6) is 0 Å². The van der Waals surface area contributed by atoms with Gasteiger partial charge in [0.2, 0.25) is 0 Å². The summed E-state index contributed by atoms with van der Waals surface area (Å²) in [5.41, 5.74) is 6.59. The Morgan fingerprint density at radius 2 is 2.23 bits per heavy atom. The van der Waals surface area contributed by atoms with Crippen LogP contribution in [0.15, 0.2) is 12.5 Å². The molecule has 3 atom stereocenters. The van der Waals surface area contributed by atoms with Crippen LogP contribution >= 0.6 is 0 Å². The summed E-state index contributed by atoms with van der Waals surface area (Å²) in [5, 5.41) is 36.5. The van der Waals surface area contributed by atoms with Crippen molar-refractivity contribution in [3.63, 3.8) is 0 Å². The number of hydrogen-bond donors (Lipinski definition) is 4. The van der Waals surface area contributed by atoms with Crippen molar-refractivity contribution in [3.05, 3.63) is 12.5 Å². The van der Waals surface area contributed by atoms with Gasteiger partial charge in [-0.05, 0) is 0 Å². The quantitative estimate of drug-likeness (QED) is 0.445. The number of nitrogens with two attached hydrogens (primary N) is 1. The fourth-order valence-electron chi connectivity index (χ4n) is 2.05. The molecule has 2 rings (SSSR count). The fourth-order valence-corrected chi connectivity index (χ4v) is 2.05. The second-order valence-corrected chi connectivity index (χ2v) is 4.75. The number of carbonyl (C=O) groups is 1. The maximum atomic E-state index is 10.9. The lowest BCUT2D eigenvalue weighted by molar-refractivity contribution is -0.161. The molecule has 120 valence electrons. The molecule has 0 spiro atoms. The van der Waals surface area contributed by atoms with Gasteiger partial charge in [-0.3, -0.25) is 4.79 Å². The fraction of sp³-hybridized carbons (Fsp3) is 0.500. The van der Waals surface area contributed by atoms with Crippen molar-refractivity contribution in [1.82, 2.24) is 19.7 Å². The summed E-state index contributed by atoms with van der Waals surface area (Å²) < 4.78 is 6.27. The molecule has 0 aromatic carbocycles. The Morgan fingerprint density at radius 1 is 1.50 bits per heavy atom. The van der Waals surface area contributed by atoms with Gasteiger partial charge in [-0.15, -0.1) is 5.10 Å². The Labute approximate surface area is 125 Å². The van der Waals surface area contributed by atoms with Crippen LogP contribution in [-0.4, -0.2) is 66.0 Å². The average Bonchev–Trinajstić information content (AvgIpc) is 2.88. The summed E-state index contributed by atoms with van der Waals surface area (Å²) in [6.45, 7) is 0.480. The Bertz CT molecular complexity index is 660. The van der Waals surface area contributed by atoms with Gasteiger partial charge in [-0.25, -0.2) is 4.98 Å². The van der Waals surface area contributed by atoms with Crippen LogP contribution in [0.1, 0.15) is 6.92 Å². The third-order valence-electron chi connectivity index (χ3n) is 3.12. The van der Waals surface area contributed by atoms with E-state index >= 15 is 0 Å². The molecule has 2 aromatic heterocycles. The maximum absolute atomic E-state index is 10.9. The van der Waals surface area contributed by atoms with Crippen molar-refractivity contribution in [2.75, 3.05) is 12.3 Å². The minimum atomic E-state index is -1.46. The van der Waals surface area contributed by atoms with E-state index in [4.69, 9.17) is 15.6 Å². The predicted octanol–water partition coefficient (Wildman–Crippen LogP) is -1.95. The normalized spacial score (nSPS) is 15.5. The largest absolute Gasteiger partial charge is 0.457 e. The SMILES string of the molecule is CC(=O)O[C@H](CO)C(O)C(O)Cn1cnc2c(N)nncc21. The first-order chi connectivity index (χ1) is 10.4. The molecule has 22 heavy (non-hydrogen) atoms. The number of esters is 1. The topological polar surface area (TPSA) is 157 Å². The molecule has 10 heteroatoms.